The Morgan fingerprint density at radius 3 is 3.12 bits per heavy atom. The minimum absolute atomic E-state index is 0.136. The molecule has 92 valence electrons. The van der Waals surface area contributed by atoms with Gasteiger partial charge < -0.3 is 20.1 Å². The molecule has 0 amide bonds. The van der Waals surface area contributed by atoms with Crippen molar-refractivity contribution in [2.75, 3.05) is 26.8 Å². The molecule has 2 atom stereocenters. The lowest BCUT2D eigenvalue weighted by Gasteiger charge is -2.46. The van der Waals surface area contributed by atoms with Crippen LogP contribution in [0.15, 0.2) is 0 Å². The van der Waals surface area contributed by atoms with Crippen molar-refractivity contribution in [2.45, 2.75) is 37.4 Å². The topological polar surface area (TPSA) is 71.6 Å². The molecule has 0 bridgehead atoms. The Morgan fingerprint density at radius 2 is 2.44 bits per heavy atom. The first-order valence-electron chi connectivity index (χ1n) is 5.91. The lowest BCUT2D eigenvalue weighted by atomic mass is 9.84. The van der Waals surface area contributed by atoms with Gasteiger partial charge in [-0.1, -0.05) is 0 Å². The summed E-state index contributed by atoms with van der Waals surface area (Å²) >= 11 is 0. The molecule has 2 saturated heterocycles. The quantitative estimate of drug-likeness (QED) is 0.506. The summed E-state index contributed by atoms with van der Waals surface area (Å²) in [6.07, 6.45) is 4.28. The number of rotatable bonds is 1. The van der Waals surface area contributed by atoms with Gasteiger partial charge in [-0.05, 0) is 19.3 Å². The molecule has 3 N–H and O–H groups in total. The Balaban J connectivity index is 2.03. The number of guanidine groups is 1. The van der Waals surface area contributed by atoms with Crippen LogP contribution in [0.2, 0.25) is 0 Å². The number of hydrogen-bond acceptors (Lipinski definition) is 3. The van der Waals surface area contributed by atoms with Crippen LogP contribution in [-0.4, -0.2) is 49.4 Å². The normalized spacial score (nSPS) is 35.3. The Hall–Kier alpha value is -0.810. The molecule has 0 radical (unpaired) electrons. The van der Waals surface area contributed by atoms with Crippen molar-refractivity contribution in [1.82, 2.24) is 4.90 Å². The molecule has 5 nitrogen and oxygen atoms in total. The first-order chi connectivity index (χ1) is 7.65. The van der Waals surface area contributed by atoms with E-state index in [4.69, 9.17) is 20.6 Å². The molecule has 2 fully saturated rings. The summed E-state index contributed by atoms with van der Waals surface area (Å²) in [6, 6.07) is 0. The molecule has 5 heteroatoms. The summed E-state index contributed by atoms with van der Waals surface area (Å²) in [5.41, 5.74) is 5.41. The zero-order chi connectivity index (χ0) is 11.6. The van der Waals surface area contributed by atoms with Crippen molar-refractivity contribution in [3.63, 3.8) is 0 Å². The summed E-state index contributed by atoms with van der Waals surface area (Å²) in [7, 11) is 1.76. The summed E-state index contributed by atoms with van der Waals surface area (Å²) in [4.78, 5) is 1.90. The van der Waals surface area contributed by atoms with E-state index in [1.807, 2.05) is 4.90 Å². The standard InChI is InChI=1S/C11H21N3O2/c1-15-9-3-6-16-11(7-9)4-2-5-14(8-11)10(12)13/h9H,2-8H2,1H3,(H3,12,13)/t9-,11-/m1/s1. The lowest BCUT2D eigenvalue weighted by molar-refractivity contribution is -0.145. The van der Waals surface area contributed by atoms with Crippen LogP contribution in [0.5, 0.6) is 0 Å². The minimum atomic E-state index is -0.136. The molecule has 0 aromatic carbocycles. The van der Waals surface area contributed by atoms with Crippen LogP contribution >= 0.6 is 0 Å². The SMILES string of the molecule is CO[C@@H]1CCO[C@]2(CCCN(C(=N)N)C2)C1. The monoisotopic (exact) mass is 227 g/mol. The van der Waals surface area contributed by atoms with E-state index in [1.54, 1.807) is 7.11 Å². The maximum atomic E-state index is 7.50. The number of ether oxygens (including phenoxy) is 2. The Morgan fingerprint density at radius 1 is 1.62 bits per heavy atom. The molecule has 0 unspecified atom stereocenters. The molecule has 1 spiro atoms. The molecule has 0 aromatic heterocycles. The molecule has 16 heavy (non-hydrogen) atoms. The fraction of sp³-hybridized carbons (Fsp3) is 0.909. The second kappa shape index (κ2) is 4.59. The van der Waals surface area contributed by atoms with E-state index in [-0.39, 0.29) is 11.6 Å². The zero-order valence-electron chi connectivity index (χ0n) is 9.87. The minimum Gasteiger partial charge on any atom is -0.381 e. The molecular weight excluding hydrogens is 206 g/mol. The summed E-state index contributed by atoms with van der Waals surface area (Å²) in [5.74, 6) is 0.155. The average Bonchev–Trinajstić information content (AvgIpc) is 2.29. The number of nitrogens with zero attached hydrogens (tertiary/aromatic N) is 1. The molecular formula is C11H21N3O2. The van der Waals surface area contributed by atoms with Gasteiger partial charge in [0.2, 0.25) is 0 Å². The smallest absolute Gasteiger partial charge is 0.188 e. The van der Waals surface area contributed by atoms with Gasteiger partial charge in [-0.2, -0.15) is 0 Å². The number of piperidine rings is 1. The van der Waals surface area contributed by atoms with Crippen molar-refractivity contribution in [3.05, 3.63) is 0 Å². The largest absolute Gasteiger partial charge is 0.381 e. The second-order valence-corrected chi connectivity index (χ2v) is 4.79. The van der Waals surface area contributed by atoms with Crippen LogP contribution in [0.4, 0.5) is 0 Å². The van der Waals surface area contributed by atoms with E-state index in [1.165, 1.54) is 0 Å². The fourth-order valence-electron chi connectivity index (χ4n) is 2.77. The molecule has 0 saturated carbocycles. The van der Waals surface area contributed by atoms with E-state index in [9.17, 15) is 0 Å². The highest BCUT2D eigenvalue weighted by molar-refractivity contribution is 5.74. The van der Waals surface area contributed by atoms with Crippen molar-refractivity contribution in [3.8, 4) is 0 Å². The van der Waals surface area contributed by atoms with Gasteiger partial charge in [-0.25, -0.2) is 0 Å². The zero-order valence-corrected chi connectivity index (χ0v) is 9.87. The van der Waals surface area contributed by atoms with Crippen LogP contribution in [0.3, 0.4) is 0 Å². The van der Waals surface area contributed by atoms with Gasteiger partial charge in [0, 0.05) is 33.2 Å². The number of nitrogens with two attached hydrogens (primary N) is 1. The lowest BCUT2D eigenvalue weighted by Crippen LogP contribution is -2.56. The Labute approximate surface area is 96.4 Å². The van der Waals surface area contributed by atoms with Crippen LogP contribution in [0, 0.1) is 5.41 Å². The number of methoxy groups -OCH3 is 1. The number of nitrogens with one attached hydrogen (secondary N) is 1. The molecule has 2 aliphatic rings. The highest BCUT2D eigenvalue weighted by atomic mass is 16.5. The summed E-state index contributed by atoms with van der Waals surface area (Å²) in [5, 5.41) is 7.50. The number of likely N-dealkylation sites (tertiary alicyclic amines) is 1. The maximum Gasteiger partial charge on any atom is 0.188 e. The fourth-order valence-corrected chi connectivity index (χ4v) is 2.77. The molecule has 0 aliphatic carbocycles. The highest BCUT2D eigenvalue weighted by Gasteiger charge is 2.41. The molecule has 2 heterocycles. The predicted molar refractivity (Wildman–Crippen MR) is 61.4 cm³/mol. The highest BCUT2D eigenvalue weighted by Crippen LogP contribution is 2.34. The average molecular weight is 227 g/mol. The van der Waals surface area contributed by atoms with Gasteiger partial charge >= 0.3 is 0 Å². The third kappa shape index (κ3) is 2.30. The van der Waals surface area contributed by atoms with Crippen LogP contribution in [0.25, 0.3) is 0 Å². The van der Waals surface area contributed by atoms with E-state index < -0.39 is 0 Å². The van der Waals surface area contributed by atoms with Crippen LogP contribution in [-0.2, 0) is 9.47 Å². The van der Waals surface area contributed by atoms with E-state index in [0.29, 0.717) is 6.10 Å². The van der Waals surface area contributed by atoms with Gasteiger partial charge in [0.15, 0.2) is 5.96 Å². The van der Waals surface area contributed by atoms with Gasteiger partial charge in [0.05, 0.1) is 11.7 Å². The second-order valence-electron chi connectivity index (χ2n) is 4.79. The van der Waals surface area contributed by atoms with Crippen molar-refractivity contribution >= 4 is 5.96 Å². The summed E-state index contributed by atoms with van der Waals surface area (Å²) in [6.45, 7) is 2.37. The van der Waals surface area contributed by atoms with E-state index in [0.717, 1.165) is 45.4 Å². The van der Waals surface area contributed by atoms with Crippen molar-refractivity contribution in [1.29, 1.82) is 5.41 Å². The number of hydrogen-bond donors (Lipinski definition) is 2. The van der Waals surface area contributed by atoms with E-state index >= 15 is 0 Å². The van der Waals surface area contributed by atoms with E-state index in [2.05, 4.69) is 0 Å². The molecule has 2 rings (SSSR count). The van der Waals surface area contributed by atoms with Crippen molar-refractivity contribution < 1.29 is 9.47 Å². The maximum absolute atomic E-state index is 7.50. The third-order valence-electron chi connectivity index (χ3n) is 3.66. The van der Waals surface area contributed by atoms with Crippen molar-refractivity contribution in [2.24, 2.45) is 5.73 Å². The predicted octanol–water partition coefficient (Wildman–Crippen LogP) is 0.540. The molecule has 2 aliphatic heterocycles. The van der Waals surface area contributed by atoms with Crippen LogP contribution < -0.4 is 5.73 Å². The van der Waals surface area contributed by atoms with Crippen LogP contribution in [0.1, 0.15) is 25.7 Å². The molecule has 0 aromatic rings. The van der Waals surface area contributed by atoms with Gasteiger partial charge in [-0.3, -0.25) is 5.41 Å². The Bertz CT molecular complexity index is 268. The van der Waals surface area contributed by atoms with Gasteiger partial charge in [-0.15, -0.1) is 0 Å². The third-order valence-corrected chi connectivity index (χ3v) is 3.66. The van der Waals surface area contributed by atoms with Gasteiger partial charge in [0.1, 0.15) is 0 Å². The van der Waals surface area contributed by atoms with Gasteiger partial charge in [0.25, 0.3) is 0 Å². The Kier molecular flexibility index (Phi) is 3.35. The first kappa shape index (κ1) is 11.7. The summed E-state index contributed by atoms with van der Waals surface area (Å²) < 4.78 is 11.4. The first-order valence-corrected chi connectivity index (χ1v) is 5.91.